The van der Waals surface area contributed by atoms with E-state index in [0.717, 1.165) is 0 Å². The van der Waals surface area contributed by atoms with Crippen molar-refractivity contribution in [3.8, 4) is 0 Å². The topological polar surface area (TPSA) is 94.0 Å². The molecule has 5 nitrogen and oxygen atoms in total. The van der Waals surface area contributed by atoms with Crippen LogP contribution in [0.5, 0.6) is 0 Å². The molecule has 1 amide bonds. The summed E-state index contributed by atoms with van der Waals surface area (Å²) in [6.07, 6.45) is 3.19. The minimum absolute atomic E-state index is 0.282. The average molecular weight is 228 g/mol. The molecule has 0 saturated heterocycles. The van der Waals surface area contributed by atoms with E-state index in [0.29, 0.717) is 22.6 Å². The molecule has 1 aromatic heterocycles. The third-order valence-electron chi connectivity index (χ3n) is 2.24. The zero-order valence-corrected chi connectivity index (χ0v) is 9.05. The van der Waals surface area contributed by atoms with Gasteiger partial charge in [-0.05, 0) is 30.3 Å². The highest BCUT2D eigenvalue weighted by atomic mass is 16.1. The minimum Gasteiger partial charge on any atom is -0.399 e. The summed E-state index contributed by atoms with van der Waals surface area (Å²) >= 11 is 0. The molecular weight excluding hydrogens is 216 g/mol. The van der Waals surface area contributed by atoms with Crippen LogP contribution in [0.15, 0.2) is 42.7 Å². The van der Waals surface area contributed by atoms with Gasteiger partial charge in [-0.25, -0.2) is 0 Å². The fraction of sp³-hybridized carbons (Fsp3) is 0. The number of anilines is 3. The second-order valence-electron chi connectivity index (χ2n) is 3.54. The van der Waals surface area contributed by atoms with Crippen LogP contribution >= 0.6 is 0 Å². The van der Waals surface area contributed by atoms with Crippen molar-refractivity contribution >= 4 is 23.0 Å². The van der Waals surface area contributed by atoms with Crippen molar-refractivity contribution < 1.29 is 4.79 Å². The molecule has 2 aromatic rings. The van der Waals surface area contributed by atoms with Gasteiger partial charge in [-0.3, -0.25) is 9.78 Å². The maximum Gasteiger partial charge on any atom is 0.257 e. The largest absolute Gasteiger partial charge is 0.399 e. The molecule has 1 aromatic carbocycles. The summed E-state index contributed by atoms with van der Waals surface area (Å²) in [5.74, 6) is -0.282. The summed E-state index contributed by atoms with van der Waals surface area (Å²) in [7, 11) is 0. The SMILES string of the molecule is Nc1ccc(C(=O)Nc2cccnc2)c(N)c1. The summed E-state index contributed by atoms with van der Waals surface area (Å²) in [4.78, 5) is 15.8. The van der Waals surface area contributed by atoms with Crippen molar-refractivity contribution in [2.45, 2.75) is 0 Å². The highest BCUT2D eigenvalue weighted by molar-refractivity contribution is 6.07. The summed E-state index contributed by atoms with van der Waals surface area (Å²) in [5, 5.41) is 2.70. The number of carbonyl (C=O) groups is 1. The molecule has 0 aliphatic heterocycles. The highest BCUT2D eigenvalue weighted by Crippen LogP contribution is 2.17. The molecule has 86 valence electrons. The first-order valence-electron chi connectivity index (χ1n) is 5.03. The number of hydrogen-bond donors (Lipinski definition) is 3. The first-order valence-corrected chi connectivity index (χ1v) is 5.03. The molecule has 0 atom stereocenters. The third kappa shape index (κ3) is 2.52. The normalized spacial score (nSPS) is 9.88. The van der Waals surface area contributed by atoms with Crippen molar-refractivity contribution in [3.63, 3.8) is 0 Å². The van der Waals surface area contributed by atoms with Crippen molar-refractivity contribution in [1.82, 2.24) is 4.98 Å². The smallest absolute Gasteiger partial charge is 0.257 e. The number of pyridine rings is 1. The second-order valence-corrected chi connectivity index (χ2v) is 3.54. The van der Waals surface area contributed by atoms with Gasteiger partial charge in [0.2, 0.25) is 0 Å². The molecule has 0 unspecified atom stereocenters. The summed E-state index contributed by atoms with van der Waals surface area (Å²) in [5.41, 5.74) is 13.2. The Morgan fingerprint density at radius 3 is 2.71 bits per heavy atom. The van der Waals surface area contributed by atoms with Gasteiger partial charge >= 0.3 is 0 Å². The Morgan fingerprint density at radius 2 is 2.06 bits per heavy atom. The zero-order chi connectivity index (χ0) is 12.3. The number of nitrogens with zero attached hydrogens (tertiary/aromatic N) is 1. The molecule has 5 N–H and O–H groups in total. The maximum absolute atomic E-state index is 11.9. The molecule has 2 rings (SSSR count). The Kier molecular flexibility index (Phi) is 2.91. The molecule has 5 heteroatoms. The van der Waals surface area contributed by atoms with Gasteiger partial charge in [-0.1, -0.05) is 0 Å². The van der Waals surface area contributed by atoms with Gasteiger partial charge in [0.25, 0.3) is 5.91 Å². The van der Waals surface area contributed by atoms with E-state index in [2.05, 4.69) is 10.3 Å². The molecule has 0 saturated carbocycles. The number of nitrogens with two attached hydrogens (primary N) is 2. The van der Waals surface area contributed by atoms with E-state index in [1.165, 1.54) is 0 Å². The Bertz CT molecular complexity index is 539. The molecule has 0 bridgehead atoms. The van der Waals surface area contributed by atoms with Gasteiger partial charge in [0.05, 0.1) is 17.4 Å². The average Bonchev–Trinajstić information content (AvgIpc) is 2.30. The fourth-order valence-corrected chi connectivity index (χ4v) is 1.42. The van der Waals surface area contributed by atoms with Crippen LogP contribution in [-0.4, -0.2) is 10.9 Å². The van der Waals surface area contributed by atoms with E-state index >= 15 is 0 Å². The molecule has 0 aliphatic rings. The van der Waals surface area contributed by atoms with Gasteiger partial charge in [0.15, 0.2) is 0 Å². The van der Waals surface area contributed by atoms with Crippen LogP contribution in [0.4, 0.5) is 17.1 Å². The van der Waals surface area contributed by atoms with Gasteiger partial charge in [0.1, 0.15) is 0 Å². The number of benzene rings is 1. The Balaban J connectivity index is 2.21. The van der Waals surface area contributed by atoms with Gasteiger partial charge in [-0.15, -0.1) is 0 Å². The predicted molar refractivity (Wildman–Crippen MR) is 67.5 cm³/mol. The molecule has 0 fully saturated rings. The number of aromatic nitrogens is 1. The van der Waals surface area contributed by atoms with Crippen LogP contribution in [0.2, 0.25) is 0 Å². The summed E-state index contributed by atoms with van der Waals surface area (Å²) in [6.45, 7) is 0. The number of nitrogen functional groups attached to an aromatic ring is 2. The molecule has 17 heavy (non-hydrogen) atoms. The number of hydrogen-bond acceptors (Lipinski definition) is 4. The monoisotopic (exact) mass is 228 g/mol. The Hall–Kier alpha value is -2.56. The number of carbonyl (C=O) groups excluding carboxylic acids is 1. The van der Waals surface area contributed by atoms with Crippen molar-refractivity contribution in [2.24, 2.45) is 0 Å². The van der Waals surface area contributed by atoms with Gasteiger partial charge < -0.3 is 16.8 Å². The Labute approximate surface area is 98.5 Å². The Morgan fingerprint density at radius 1 is 1.24 bits per heavy atom. The highest BCUT2D eigenvalue weighted by Gasteiger charge is 2.09. The fourth-order valence-electron chi connectivity index (χ4n) is 1.42. The molecular formula is C12H12N4O. The molecule has 1 heterocycles. The lowest BCUT2D eigenvalue weighted by Crippen LogP contribution is -2.14. The summed E-state index contributed by atoms with van der Waals surface area (Å²) < 4.78 is 0. The second kappa shape index (κ2) is 4.52. The number of nitrogens with one attached hydrogen (secondary N) is 1. The van der Waals surface area contributed by atoms with Crippen molar-refractivity contribution in [1.29, 1.82) is 0 Å². The molecule has 0 radical (unpaired) electrons. The lowest BCUT2D eigenvalue weighted by molar-refractivity contribution is 0.102. The molecule has 0 aliphatic carbocycles. The summed E-state index contributed by atoms with van der Waals surface area (Å²) in [6, 6.07) is 8.27. The van der Waals surface area contributed by atoms with E-state index in [-0.39, 0.29) is 5.91 Å². The zero-order valence-electron chi connectivity index (χ0n) is 9.05. The van der Waals surface area contributed by atoms with Crippen molar-refractivity contribution in [2.75, 3.05) is 16.8 Å². The first kappa shape index (κ1) is 10.9. The number of rotatable bonds is 2. The van der Waals surface area contributed by atoms with Crippen LogP contribution in [0.25, 0.3) is 0 Å². The van der Waals surface area contributed by atoms with Gasteiger partial charge in [-0.2, -0.15) is 0 Å². The van der Waals surface area contributed by atoms with Crippen LogP contribution in [0.3, 0.4) is 0 Å². The van der Waals surface area contributed by atoms with E-state index in [1.54, 1.807) is 42.7 Å². The van der Waals surface area contributed by atoms with Crippen molar-refractivity contribution in [3.05, 3.63) is 48.3 Å². The van der Waals surface area contributed by atoms with Crippen LogP contribution in [0, 0.1) is 0 Å². The van der Waals surface area contributed by atoms with Gasteiger partial charge in [0, 0.05) is 17.6 Å². The third-order valence-corrected chi connectivity index (χ3v) is 2.24. The number of amides is 1. The van der Waals surface area contributed by atoms with E-state index in [9.17, 15) is 4.79 Å². The van der Waals surface area contributed by atoms with Crippen LogP contribution in [-0.2, 0) is 0 Å². The lowest BCUT2D eigenvalue weighted by Gasteiger charge is -2.07. The minimum atomic E-state index is -0.282. The van der Waals surface area contributed by atoms with E-state index in [1.807, 2.05) is 0 Å². The standard InChI is InChI=1S/C12H12N4O/c13-8-3-4-10(11(14)6-8)12(17)16-9-2-1-5-15-7-9/h1-7H,13-14H2,(H,16,17). The maximum atomic E-state index is 11.9. The quantitative estimate of drug-likeness (QED) is 0.679. The predicted octanol–water partition coefficient (Wildman–Crippen LogP) is 1.50. The lowest BCUT2D eigenvalue weighted by atomic mass is 10.1. The van der Waals surface area contributed by atoms with Crippen LogP contribution < -0.4 is 16.8 Å². The molecule has 0 spiro atoms. The first-order chi connectivity index (χ1) is 8.16. The van der Waals surface area contributed by atoms with E-state index in [4.69, 9.17) is 11.5 Å². The van der Waals surface area contributed by atoms with E-state index < -0.39 is 0 Å². The van der Waals surface area contributed by atoms with Crippen LogP contribution in [0.1, 0.15) is 10.4 Å².